The molecule has 0 aliphatic carbocycles. The highest BCUT2D eigenvalue weighted by Gasteiger charge is 2.19. The molecule has 1 saturated heterocycles. The minimum absolute atomic E-state index is 0.0390. The predicted octanol–water partition coefficient (Wildman–Crippen LogP) is 4.20. The molecule has 0 bridgehead atoms. The van der Waals surface area contributed by atoms with Gasteiger partial charge in [-0.2, -0.15) is 0 Å². The first-order valence-electron chi connectivity index (χ1n) is 11.0. The molecule has 0 atom stereocenters. The van der Waals surface area contributed by atoms with Crippen molar-refractivity contribution in [1.82, 2.24) is 15.3 Å². The van der Waals surface area contributed by atoms with Crippen molar-refractivity contribution in [2.75, 3.05) is 43.5 Å². The summed E-state index contributed by atoms with van der Waals surface area (Å²) in [4.78, 5) is 10.3. The first kappa shape index (κ1) is 23.6. The molecule has 180 valence electrons. The number of aryl methyl sites for hydroxylation is 1. The molecular weight excluding hydrogens is 447 g/mol. The average Bonchev–Trinajstić information content (AvgIpc) is 2.86. The first-order valence-corrected chi connectivity index (χ1v) is 11.0. The largest absolute Gasteiger partial charge is 0.494 e. The lowest BCUT2D eigenvalue weighted by Crippen LogP contribution is -2.43. The van der Waals surface area contributed by atoms with Crippen molar-refractivity contribution in [2.24, 2.45) is 0 Å². The minimum atomic E-state index is -0.803. The normalized spacial score (nSPS) is 13.6. The third-order valence-corrected chi connectivity index (χ3v) is 5.61. The second-order valence-electron chi connectivity index (χ2n) is 7.76. The van der Waals surface area contributed by atoms with E-state index in [1.54, 1.807) is 19.1 Å². The zero-order valence-electron chi connectivity index (χ0n) is 19.0. The molecule has 0 radical (unpaired) electrons. The molecule has 10 heteroatoms. The number of anilines is 3. The average molecular weight is 473 g/mol. The maximum absolute atomic E-state index is 14.6. The van der Waals surface area contributed by atoms with Crippen LogP contribution in [-0.4, -0.2) is 43.3 Å². The number of nitrogens with one attached hydrogen (secondary N) is 2. The van der Waals surface area contributed by atoms with Gasteiger partial charge in [0.25, 0.3) is 0 Å². The quantitative estimate of drug-likeness (QED) is 0.508. The van der Waals surface area contributed by atoms with Gasteiger partial charge < -0.3 is 25.0 Å². The van der Waals surface area contributed by atoms with Crippen LogP contribution in [0.4, 0.5) is 30.5 Å². The van der Waals surface area contributed by atoms with E-state index in [1.165, 1.54) is 31.6 Å². The van der Waals surface area contributed by atoms with Gasteiger partial charge in [0.2, 0.25) is 5.95 Å². The van der Waals surface area contributed by atoms with Crippen molar-refractivity contribution in [3.63, 3.8) is 0 Å². The number of piperazine rings is 1. The van der Waals surface area contributed by atoms with E-state index in [0.717, 1.165) is 26.2 Å². The lowest BCUT2D eigenvalue weighted by Gasteiger charge is -2.29. The van der Waals surface area contributed by atoms with Crippen LogP contribution < -0.4 is 25.0 Å². The highest BCUT2D eigenvalue weighted by atomic mass is 19.1. The lowest BCUT2D eigenvalue weighted by molar-refractivity contribution is 0.285. The van der Waals surface area contributed by atoms with Gasteiger partial charge in [0.05, 0.1) is 30.8 Å². The van der Waals surface area contributed by atoms with Crippen LogP contribution in [0.3, 0.4) is 0 Å². The number of hydrogen-bond acceptors (Lipinski definition) is 7. The van der Waals surface area contributed by atoms with Gasteiger partial charge in [-0.1, -0.05) is 6.92 Å². The van der Waals surface area contributed by atoms with Crippen LogP contribution in [0.25, 0.3) is 0 Å². The SMILES string of the molecule is CCc1cc(OC)c(F)c(COc2cnc(Nc3ccc(N4CCNCC4)c(F)c3)nc2)c1F. The van der Waals surface area contributed by atoms with Crippen molar-refractivity contribution in [1.29, 1.82) is 0 Å². The van der Waals surface area contributed by atoms with Crippen LogP contribution in [0.5, 0.6) is 11.5 Å². The summed E-state index contributed by atoms with van der Waals surface area (Å²) in [6.45, 7) is 4.55. The molecule has 1 fully saturated rings. The Balaban J connectivity index is 1.41. The molecule has 3 aromatic rings. The number of halogens is 3. The van der Waals surface area contributed by atoms with Crippen LogP contribution in [0, 0.1) is 17.5 Å². The summed E-state index contributed by atoms with van der Waals surface area (Å²) in [6.07, 6.45) is 3.13. The molecule has 2 heterocycles. The number of ether oxygens (including phenoxy) is 2. The zero-order valence-corrected chi connectivity index (χ0v) is 19.0. The fraction of sp³-hybridized carbons (Fsp3) is 0.333. The summed E-state index contributed by atoms with van der Waals surface area (Å²) in [6, 6.07) is 6.22. The summed E-state index contributed by atoms with van der Waals surface area (Å²) >= 11 is 0. The van der Waals surface area contributed by atoms with Crippen molar-refractivity contribution in [3.8, 4) is 11.5 Å². The molecule has 0 spiro atoms. The van der Waals surface area contributed by atoms with Gasteiger partial charge in [-0.3, -0.25) is 0 Å². The highest BCUT2D eigenvalue weighted by molar-refractivity contribution is 5.60. The summed E-state index contributed by atoms with van der Waals surface area (Å²) < 4.78 is 54.2. The fourth-order valence-electron chi connectivity index (χ4n) is 3.74. The molecule has 1 aliphatic rings. The van der Waals surface area contributed by atoms with E-state index < -0.39 is 11.6 Å². The second kappa shape index (κ2) is 10.6. The number of hydrogen-bond donors (Lipinski definition) is 2. The molecular formula is C24H26F3N5O2. The summed E-state index contributed by atoms with van der Waals surface area (Å²) in [5.41, 5.74) is 1.17. The maximum atomic E-state index is 14.6. The van der Waals surface area contributed by atoms with Gasteiger partial charge in [0.1, 0.15) is 18.2 Å². The molecule has 1 aliphatic heterocycles. The van der Waals surface area contributed by atoms with E-state index in [1.807, 2.05) is 4.90 Å². The molecule has 2 aromatic carbocycles. The second-order valence-corrected chi connectivity index (χ2v) is 7.76. The van der Waals surface area contributed by atoms with Crippen molar-refractivity contribution in [3.05, 3.63) is 65.2 Å². The van der Waals surface area contributed by atoms with Crippen LogP contribution in [-0.2, 0) is 13.0 Å². The molecule has 0 amide bonds. The van der Waals surface area contributed by atoms with E-state index in [0.29, 0.717) is 23.4 Å². The molecule has 1 aromatic heterocycles. The number of aromatic nitrogens is 2. The number of rotatable bonds is 8. The zero-order chi connectivity index (χ0) is 24.1. The Bertz CT molecular complexity index is 1110. The standard InChI is InChI=1S/C24H26F3N5O2/c1-3-15-10-21(33-2)23(27)18(22(15)26)14-34-17-12-29-24(30-13-17)31-16-4-5-20(19(25)11-16)32-8-6-28-7-9-32/h4-5,10-13,28H,3,6-9,14H2,1-2H3,(H,29,30,31). The summed E-state index contributed by atoms with van der Waals surface area (Å²) in [7, 11) is 1.32. The first-order chi connectivity index (χ1) is 16.5. The smallest absolute Gasteiger partial charge is 0.227 e. The lowest BCUT2D eigenvalue weighted by atomic mass is 10.1. The number of benzene rings is 2. The van der Waals surface area contributed by atoms with Crippen molar-refractivity contribution >= 4 is 17.3 Å². The Morgan fingerprint density at radius 1 is 1.06 bits per heavy atom. The van der Waals surface area contributed by atoms with E-state index in [2.05, 4.69) is 20.6 Å². The van der Waals surface area contributed by atoms with Gasteiger partial charge in [0, 0.05) is 31.9 Å². The third kappa shape index (κ3) is 5.17. The Labute approximate surface area is 195 Å². The van der Waals surface area contributed by atoms with Crippen LogP contribution >= 0.6 is 0 Å². The Hall–Kier alpha value is -3.53. The molecule has 0 saturated carbocycles. The Morgan fingerprint density at radius 3 is 2.44 bits per heavy atom. The van der Waals surface area contributed by atoms with Crippen LogP contribution in [0.15, 0.2) is 36.7 Å². The minimum Gasteiger partial charge on any atom is -0.494 e. The van der Waals surface area contributed by atoms with Gasteiger partial charge in [-0.25, -0.2) is 23.1 Å². The fourth-order valence-corrected chi connectivity index (χ4v) is 3.74. The topological polar surface area (TPSA) is 71.5 Å². The van der Waals surface area contributed by atoms with Gasteiger partial charge in [0.15, 0.2) is 17.3 Å². The van der Waals surface area contributed by atoms with E-state index in [4.69, 9.17) is 9.47 Å². The van der Waals surface area contributed by atoms with Crippen molar-refractivity contribution in [2.45, 2.75) is 20.0 Å². The van der Waals surface area contributed by atoms with Crippen molar-refractivity contribution < 1.29 is 22.6 Å². The third-order valence-electron chi connectivity index (χ3n) is 5.61. The van der Waals surface area contributed by atoms with E-state index in [-0.39, 0.29) is 35.4 Å². The van der Waals surface area contributed by atoms with Gasteiger partial charge in [-0.05, 0) is 36.2 Å². The van der Waals surface area contributed by atoms with E-state index >= 15 is 0 Å². The van der Waals surface area contributed by atoms with Crippen LogP contribution in [0.1, 0.15) is 18.1 Å². The molecule has 0 unspecified atom stereocenters. The number of methoxy groups -OCH3 is 1. The Morgan fingerprint density at radius 2 is 1.79 bits per heavy atom. The molecule has 4 rings (SSSR count). The molecule has 34 heavy (non-hydrogen) atoms. The predicted molar refractivity (Wildman–Crippen MR) is 123 cm³/mol. The van der Waals surface area contributed by atoms with Gasteiger partial charge in [-0.15, -0.1) is 0 Å². The number of nitrogens with zero attached hydrogens (tertiary/aromatic N) is 3. The highest BCUT2D eigenvalue weighted by Crippen LogP contribution is 2.28. The van der Waals surface area contributed by atoms with Gasteiger partial charge >= 0.3 is 0 Å². The van der Waals surface area contributed by atoms with E-state index in [9.17, 15) is 13.2 Å². The molecule has 7 nitrogen and oxygen atoms in total. The van der Waals surface area contributed by atoms with Crippen LogP contribution in [0.2, 0.25) is 0 Å². The maximum Gasteiger partial charge on any atom is 0.227 e. The Kier molecular flexibility index (Phi) is 7.36. The molecule has 2 N–H and O–H groups in total. The monoisotopic (exact) mass is 473 g/mol. The summed E-state index contributed by atoms with van der Waals surface area (Å²) in [5, 5.41) is 6.18. The summed E-state index contributed by atoms with van der Waals surface area (Å²) in [5.74, 6) is -1.38.